The second-order valence-electron chi connectivity index (χ2n) is 7.36. The van der Waals surface area contributed by atoms with E-state index in [1.807, 2.05) is 27.7 Å². The van der Waals surface area contributed by atoms with E-state index >= 15 is 0 Å². The third-order valence-corrected chi connectivity index (χ3v) is 3.37. The molecule has 1 rings (SSSR count). The summed E-state index contributed by atoms with van der Waals surface area (Å²) in [4.78, 5) is 16.0. The Morgan fingerprint density at radius 3 is 2.31 bits per heavy atom. The molecule has 4 N–H and O–H groups in total. The molecule has 0 aliphatic rings. The predicted octanol–water partition coefficient (Wildman–Crippen LogP) is 1.91. The van der Waals surface area contributed by atoms with E-state index in [2.05, 4.69) is 20.9 Å². The Morgan fingerprint density at radius 1 is 1.17 bits per heavy atom. The van der Waals surface area contributed by atoms with Gasteiger partial charge in [0.1, 0.15) is 25.0 Å². The first kappa shape index (κ1) is 24.5. The summed E-state index contributed by atoms with van der Waals surface area (Å²) < 4.78 is 42.9. The topological polar surface area (TPSA) is 95.0 Å². The molecule has 0 spiro atoms. The average molecular weight is 418 g/mol. The van der Waals surface area contributed by atoms with Crippen molar-refractivity contribution < 1.29 is 27.8 Å². The lowest BCUT2D eigenvalue weighted by Crippen LogP contribution is -2.44. The maximum absolute atomic E-state index is 12.5. The number of aliphatic imine (C=N–C) groups is 1. The number of ether oxygens (including phenoxy) is 1. The molecular weight excluding hydrogens is 389 g/mol. The Balaban J connectivity index is 2.47. The molecule has 0 saturated heterocycles. The number of carbonyl (C=O) groups excluding carboxylic acids is 1. The summed E-state index contributed by atoms with van der Waals surface area (Å²) in [7, 11) is 0. The molecule has 1 aromatic rings. The summed E-state index contributed by atoms with van der Waals surface area (Å²) in [5.41, 5.74) is -1.13. The van der Waals surface area contributed by atoms with Crippen LogP contribution in [0.25, 0.3) is 0 Å². The predicted molar refractivity (Wildman–Crippen MR) is 105 cm³/mol. The second kappa shape index (κ2) is 10.9. The maximum Gasteiger partial charge on any atom is 0.416 e. The first-order valence-electron chi connectivity index (χ1n) is 9.22. The first-order valence-corrected chi connectivity index (χ1v) is 9.22. The van der Waals surface area contributed by atoms with Gasteiger partial charge in [0.15, 0.2) is 5.96 Å². The fraction of sp³-hybridized carbons (Fsp3) is 0.579. The van der Waals surface area contributed by atoms with Crippen molar-refractivity contribution in [2.75, 3.05) is 26.2 Å². The molecule has 164 valence electrons. The SMILES string of the molecule is CCNC(=NCC(=O)NC(C)(C)C)NCC(O)COc1ccc(C(F)(F)F)cc1. The Bertz CT molecular complexity index is 671. The molecule has 0 saturated carbocycles. The van der Waals surface area contributed by atoms with E-state index in [9.17, 15) is 23.1 Å². The van der Waals surface area contributed by atoms with Crippen molar-refractivity contribution in [3.8, 4) is 5.75 Å². The van der Waals surface area contributed by atoms with Gasteiger partial charge in [-0.2, -0.15) is 13.2 Å². The normalized spacial score (nSPS) is 13.6. The fourth-order valence-corrected chi connectivity index (χ4v) is 2.16. The molecule has 0 fully saturated rings. The number of carbonyl (C=O) groups is 1. The molecule has 10 heteroatoms. The summed E-state index contributed by atoms with van der Waals surface area (Å²) in [5.74, 6) is 0.336. The average Bonchev–Trinajstić information content (AvgIpc) is 2.60. The third-order valence-electron chi connectivity index (χ3n) is 3.37. The van der Waals surface area contributed by atoms with Crippen molar-refractivity contribution in [2.45, 2.75) is 45.5 Å². The summed E-state index contributed by atoms with van der Waals surface area (Å²) in [6, 6.07) is 4.22. The molecule has 0 aliphatic heterocycles. The summed E-state index contributed by atoms with van der Waals surface area (Å²) in [6.45, 7) is 7.89. The highest BCUT2D eigenvalue weighted by molar-refractivity contribution is 5.85. The number of amides is 1. The minimum atomic E-state index is -4.41. The molecule has 0 aromatic heterocycles. The van der Waals surface area contributed by atoms with E-state index in [-0.39, 0.29) is 36.9 Å². The molecule has 7 nitrogen and oxygen atoms in total. The number of hydrogen-bond acceptors (Lipinski definition) is 4. The van der Waals surface area contributed by atoms with Crippen LogP contribution < -0.4 is 20.7 Å². The quantitative estimate of drug-likeness (QED) is 0.382. The molecule has 0 heterocycles. The van der Waals surface area contributed by atoms with Crippen molar-refractivity contribution >= 4 is 11.9 Å². The van der Waals surface area contributed by atoms with Crippen molar-refractivity contribution in [3.05, 3.63) is 29.8 Å². The second-order valence-corrected chi connectivity index (χ2v) is 7.36. The Kier molecular flexibility index (Phi) is 9.22. The number of benzene rings is 1. The summed E-state index contributed by atoms with van der Waals surface area (Å²) in [5, 5.41) is 18.6. The van der Waals surface area contributed by atoms with Gasteiger partial charge in [-0.15, -0.1) is 0 Å². The van der Waals surface area contributed by atoms with Crippen LogP contribution >= 0.6 is 0 Å². The molecule has 1 atom stereocenters. The highest BCUT2D eigenvalue weighted by Crippen LogP contribution is 2.30. The first-order chi connectivity index (χ1) is 13.4. The fourth-order valence-electron chi connectivity index (χ4n) is 2.16. The number of hydrogen-bond donors (Lipinski definition) is 4. The monoisotopic (exact) mass is 418 g/mol. The minimum absolute atomic E-state index is 0.0767. The molecule has 0 aliphatic carbocycles. The zero-order valence-electron chi connectivity index (χ0n) is 17.1. The number of guanidine groups is 1. The Labute approximate surface area is 168 Å². The number of aliphatic hydroxyl groups excluding tert-OH is 1. The van der Waals surface area contributed by atoms with Crippen molar-refractivity contribution in [1.29, 1.82) is 0 Å². The molecular formula is C19H29F3N4O3. The van der Waals surface area contributed by atoms with E-state index in [4.69, 9.17) is 4.74 Å². The van der Waals surface area contributed by atoms with E-state index < -0.39 is 17.8 Å². The number of nitrogens with one attached hydrogen (secondary N) is 3. The van der Waals surface area contributed by atoms with Crippen LogP contribution in [0.15, 0.2) is 29.3 Å². The van der Waals surface area contributed by atoms with E-state index in [1.165, 1.54) is 12.1 Å². The van der Waals surface area contributed by atoms with Crippen LogP contribution in [-0.2, 0) is 11.0 Å². The molecule has 1 aromatic carbocycles. The lowest BCUT2D eigenvalue weighted by atomic mass is 10.1. The number of nitrogens with zero attached hydrogens (tertiary/aromatic N) is 1. The van der Waals surface area contributed by atoms with Gasteiger partial charge in [-0.1, -0.05) is 0 Å². The number of rotatable bonds is 8. The maximum atomic E-state index is 12.5. The molecule has 29 heavy (non-hydrogen) atoms. The summed E-state index contributed by atoms with van der Waals surface area (Å²) >= 11 is 0. The molecule has 1 amide bonds. The van der Waals surface area contributed by atoms with Crippen LogP contribution in [0, 0.1) is 0 Å². The minimum Gasteiger partial charge on any atom is -0.491 e. The van der Waals surface area contributed by atoms with E-state index in [0.717, 1.165) is 12.1 Å². The van der Waals surface area contributed by atoms with Gasteiger partial charge in [0.25, 0.3) is 0 Å². The van der Waals surface area contributed by atoms with Crippen LogP contribution in [0.5, 0.6) is 5.75 Å². The van der Waals surface area contributed by atoms with E-state index in [1.54, 1.807) is 0 Å². The highest BCUT2D eigenvalue weighted by atomic mass is 19.4. The Hall–Kier alpha value is -2.49. The molecule has 0 bridgehead atoms. The number of aliphatic hydroxyl groups is 1. The molecule has 0 radical (unpaired) electrons. The Morgan fingerprint density at radius 2 is 1.79 bits per heavy atom. The van der Waals surface area contributed by atoms with Crippen LogP contribution in [-0.4, -0.2) is 54.9 Å². The van der Waals surface area contributed by atoms with Crippen molar-refractivity contribution in [2.24, 2.45) is 4.99 Å². The number of halogens is 3. The van der Waals surface area contributed by atoms with Gasteiger partial charge >= 0.3 is 6.18 Å². The largest absolute Gasteiger partial charge is 0.491 e. The lowest BCUT2D eigenvalue weighted by molar-refractivity contribution is -0.137. The zero-order valence-corrected chi connectivity index (χ0v) is 17.1. The van der Waals surface area contributed by atoms with Crippen LogP contribution in [0.2, 0.25) is 0 Å². The van der Waals surface area contributed by atoms with Gasteiger partial charge in [0.05, 0.1) is 5.56 Å². The van der Waals surface area contributed by atoms with Gasteiger partial charge in [0, 0.05) is 18.6 Å². The van der Waals surface area contributed by atoms with Gasteiger partial charge in [-0.05, 0) is 52.0 Å². The van der Waals surface area contributed by atoms with Gasteiger partial charge in [-0.25, -0.2) is 4.99 Å². The van der Waals surface area contributed by atoms with Gasteiger partial charge < -0.3 is 25.8 Å². The van der Waals surface area contributed by atoms with Crippen molar-refractivity contribution in [1.82, 2.24) is 16.0 Å². The van der Waals surface area contributed by atoms with Gasteiger partial charge in [0.2, 0.25) is 5.91 Å². The summed E-state index contributed by atoms with van der Waals surface area (Å²) in [6.07, 6.45) is -5.35. The zero-order chi connectivity index (χ0) is 22.1. The van der Waals surface area contributed by atoms with E-state index in [0.29, 0.717) is 12.5 Å². The third kappa shape index (κ3) is 10.6. The van der Waals surface area contributed by atoms with Crippen molar-refractivity contribution in [3.63, 3.8) is 0 Å². The standard InChI is InChI=1S/C19H29F3N4O3/c1-5-23-17(25-11-16(28)26-18(2,3)4)24-10-14(27)12-29-15-8-6-13(7-9-15)19(20,21)22/h6-9,14,27H,5,10-12H2,1-4H3,(H,26,28)(H2,23,24,25). The van der Waals surface area contributed by atoms with Gasteiger partial charge in [-0.3, -0.25) is 4.79 Å². The van der Waals surface area contributed by atoms with Crippen LogP contribution in [0.3, 0.4) is 0 Å². The molecule has 1 unspecified atom stereocenters. The van der Waals surface area contributed by atoms with Crippen LogP contribution in [0.4, 0.5) is 13.2 Å². The number of alkyl halides is 3. The highest BCUT2D eigenvalue weighted by Gasteiger charge is 2.30. The van der Waals surface area contributed by atoms with Crippen LogP contribution in [0.1, 0.15) is 33.3 Å². The smallest absolute Gasteiger partial charge is 0.416 e. The lowest BCUT2D eigenvalue weighted by Gasteiger charge is -2.20.